The molecule has 5 nitrogen and oxygen atoms in total. The summed E-state index contributed by atoms with van der Waals surface area (Å²) in [6, 6.07) is 13.6. The van der Waals surface area contributed by atoms with Gasteiger partial charge in [0.15, 0.2) is 0 Å². The molecule has 6 heteroatoms. The van der Waals surface area contributed by atoms with Crippen molar-refractivity contribution < 1.29 is 9.18 Å². The summed E-state index contributed by atoms with van der Waals surface area (Å²) in [5.74, 6) is -0.571. The predicted molar refractivity (Wildman–Crippen MR) is 94.0 cm³/mol. The number of nitrogens with zero attached hydrogens (tertiary/aromatic N) is 3. The Hall–Kier alpha value is -3.28. The Kier molecular flexibility index (Phi) is 4.99. The Morgan fingerprint density at radius 3 is 2.52 bits per heavy atom. The van der Waals surface area contributed by atoms with Crippen LogP contribution in [0, 0.1) is 5.82 Å². The lowest BCUT2D eigenvalue weighted by Crippen LogP contribution is -2.21. The monoisotopic (exact) mass is 336 g/mol. The van der Waals surface area contributed by atoms with Crippen molar-refractivity contribution in [3.8, 4) is 5.69 Å². The van der Waals surface area contributed by atoms with E-state index in [1.54, 1.807) is 24.7 Å². The second-order valence-electron chi connectivity index (χ2n) is 5.55. The zero-order valence-corrected chi connectivity index (χ0v) is 13.7. The van der Waals surface area contributed by atoms with Crippen LogP contribution in [0.3, 0.4) is 0 Å². The van der Waals surface area contributed by atoms with Gasteiger partial charge in [-0.3, -0.25) is 4.79 Å². The quantitative estimate of drug-likeness (QED) is 0.575. The van der Waals surface area contributed by atoms with Gasteiger partial charge in [0.2, 0.25) is 5.91 Å². The molecule has 0 fully saturated rings. The molecule has 25 heavy (non-hydrogen) atoms. The number of carbonyl (C=O) groups excluding carboxylic acids is 1. The van der Waals surface area contributed by atoms with Gasteiger partial charge in [-0.2, -0.15) is 5.10 Å². The topological polar surface area (TPSA) is 59.3 Å². The SMILES string of the molecule is CC(=NNC(=O)Cc1ccc(F)cc1)c1ccc(-n2ccnc2)cc1. The standard InChI is InChI=1S/C19H17FN4O/c1-14(16-4-8-18(9-5-16)24-11-10-21-13-24)22-23-19(25)12-15-2-6-17(20)7-3-15/h2-11,13H,12H2,1H3,(H,23,25). The van der Waals surface area contributed by atoms with E-state index < -0.39 is 0 Å². The van der Waals surface area contributed by atoms with Crippen LogP contribution >= 0.6 is 0 Å². The molecule has 3 rings (SSSR count). The summed E-state index contributed by atoms with van der Waals surface area (Å²) in [6.45, 7) is 1.82. The van der Waals surface area contributed by atoms with Crippen LogP contribution in [0.4, 0.5) is 4.39 Å². The Balaban J connectivity index is 1.61. The minimum absolute atomic E-state index is 0.149. The van der Waals surface area contributed by atoms with Crippen molar-refractivity contribution in [1.82, 2.24) is 15.0 Å². The number of hydrazone groups is 1. The Morgan fingerprint density at radius 2 is 1.88 bits per heavy atom. The summed E-state index contributed by atoms with van der Waals surface area (Å²) in [7, 11) is 0. The lowest BCUT2D eigenvalue weighted by atomic mass is 10.1. The third-order valence-corrected chi connectivity index (χ3v) is 3.71. The first-order valence-electron chi connectivity index (χ1n) is 7.78. The molecule has 1 heterocycles. The molecular weight excluding hydrogens is 319 g/mol. The van der Waals surface area contributed by atoms with E-state index in [1.165, 1.54) is 12.1 Å². The third kappa shape index (κ3) is 4.38. The molecule has 0 atom stereocenters. The largest absolute Gasteiger partial charge is 0.306 e. The molecule has 2 aromatic carbocycles. The molecule has 0 aliphatic rings. The van der Waals surface area contributed by atoms with Gasteiger partial charge in [0, 0.05) is 18.1 Å². The molecular formula is C19H17FN4O. The van der Waals surface area contributed by atoms with Crippen molar-refractivity contribution in [2.24, 2.45) is 5.10 Å². The van der Waals surface area contributed by atoms with Crippen LogP contribution in [0.15, 0.2) is 72.4 Å². The number of hydrogen-bond donors (Lipinski definition) is 1. The van der Waals surface area contributed by atoms with E-state index in [0.29, 0.717) is 5.71 Å². The van der Waals surface area contributed by atoms with E-state index in [4.69, 9.17) is 0 Å². The van der Waals surface area contributed by atoms with Crippen molar-refractivity contribution in [1.29, 1.82) is 0 Å². The van der Waals surface area contributed by atoms with Gasteiger partial charge in [0.1, 0.15) is 5.82 Å². The number of aromatic nitrogens is 2. The predicted octanol–water partition coefficient (Wildman–Crippen LogP) is 3.09. The highest BCUT2D eigenvalue weighted by Gasteiger charge is 2.04. The highest BCUT2D eigenvalue weighted by molar-refractivity contribution is 5.99. The Labute approximate surface area is 144 Å². The maximum Gasteiger partial charge on any atom is 0.244 e. The first-order chi connectivity index (χ1) is 12.1. The average molecular weight is 336 g/mol. The van der Waals surface area contributed by atoms with Crippen molar-refractivity contribution in [2.75, 3.05) is 0 Å². The second-order valence-corrected chi connectivity index (χ2v) is 5.55. The number of halogens is 1. The Bertz CT molecular complexity index is 869. The van der Waals surface area contributed by atoms with Crippen LogP contribution in [-0.2, 0) is 11.2 Å². The Morgan fingerprint density at radius 1 is 1.16 bits per heavy atom. The zero-order chi connectivity index (χ0) is 17.6. The second kappa shape index (κ2) is 7.53. The molecule has 1 N–H and O–H groups in total. The van der Waals surface area contributed by atoms with Crippen LogP contribution in [0.5, 0.6) is 0 Å². The molecule has 1 amide bonds. The van der Waals surface area contributed by atoms with Crippen LogP contribution < -0.4 is 5.43 Å². The van der Waals surface area contributed by atoms with Gasteiger partial charge in [0.05, 0.1) is 18.5 Å². The fourth-order valence-corrected chi connectivity index (χ4v) is 2.32. The lowest BCUT2D eigenvalue weighted by Gasteiger charge is -2.06. The van der Waals surface area contributed by atoms with Crippen LogP contribution in [0.1, 0.15) is 18.1 Å². The zero-order valence-electron chi connectivity index (χ0n) is 13.7. The number of amides is 1. The van der Waals surface area contributed by atoms with Crippen molar-refractivity contribution in [3.05, 3.63) is 84.2 Å². The number of imidazole rings is 1. The third-order valence-electron chi connectivity index (χ3n) is 3.71. The van der Waals surface area contributed by atoms with Gasteiger partial charge in [-0.05, 0) is 42.3 Å². The fourth-order valence-electron chi connectivity index (χ4n) is 2.32. The van der Waals surface area contributed by atoms with E-state index in [9.17, 15) is 9.18 Å². The minimum atomic E-state index is -0.322. The highest BCUT2D eigenvalue weighted by atomic mass is 19.1. The number of carbonyl (C=O) groups is 1. The molecule has 0 aliphatic heterocycles. The minimum Gasteiger partial charge on any atom is -0.306 e. The molecule has 0 radical (unpaired) electrons. The summed E-state index contributed by atoms with van der Waals surface area (Å²) < 4.78 is 14.8. The maximum absolute atomic E-state index is 12.9. The molecule has 0 spiro atoms. The van der Waals surface area contributed by atoms with Crippen molar-refractivity contribution in [3.63, 3.8) is 0 Å². The number of nitrogens with one attached hydrogen (secondary N) is 1. The first kappa shape index (κ1) is 16.6. The lowest BCUT2D eigenvalue weighted by molar-refractivity contribution is -0.120. The van der Waals surface area contributed by atoms with Gasteiger partial charge < -0.3 is 4.57 Å². The van der Waals surface area contributed by atoms with Crippen LogP contribution in [0.2, 0.25) is 0 Å². The van der Waals surface area contributed by atoms with Gasteiger partial charge >= 0.3 is 0 Å². The summed E-state index contributed by atoms with van der Waals surface area (Å²) in [6.07, 6.45) is 5.46. The average Bonchev–Trinajstić information content (AvgIpc) is 3.16. The molecule has 3 aromatic rings. The first-order valence-corrected chi connectivity index (χ1v) is 7.78. The van der Waals surface area contributed by atoms with Crippen LogP contribution in [0.25, 0.3) is 5.69 Å². The summed E-state index contributed by atoms with van der Waals surface area (Å²) >= 11 is 0. The van der Waals surface area contributed by atoms with Gasteiger partial charge in [0.25, 0.3) is 0 Å². The van der Waals surface area contributed by atoms with E-state index in [0.717, 1.165) is 16.8 Å². The molecule has 0 bridgehead atoms. The van der Waals surface area contributed by atoms with Gasteiger partial charge in [-0.25, -0.2) is 14.8 Å². The summed E-state index contributed by atoms with van der Waals surface area (Å²) in [4.78, 5) is 15.9. The maximum atomic E-state index is 12.9. The van der Waals surface area contributed by atoms with E-state index in [2.05, 4.69) is 15.5 Å². The van der Waals surface area contributed by atoms with Crippen molar-refractivity contribution in [2.45, 2.75) is 13.3 Å². The molecule has 1 aromatic heterocycles. The molecule has 0 saturated carbocycles. The summed E-state index contributed by atoms with van der Waals surface area (Å²) in [5.41, 5.74) is 5.86. The normalized spacial score (nSPS) is 11.4. The number of hydrogen-bond acceptors (Lipinski definition) is 3. The van der Waals surface area contributed by atoms with Gasteiger partial charge in [-0.1, -0.05) is 24.3 Å². The molecule has 0 unspecified atom stereocenters. The highest BCUT2D eigenvalue weighted by Crippen LogP contribution is 2.10. The smallest absolute Gasteiger partial charge is 0.244 e. The summed E-state index contributed by atoms with van der Waals surface area (Å²) in [5, 5.41) is 4.12. The van der Waals surface area contributed by atoms with Gasteiger partial charge in [-0.15, -0.1) is 0 Å². The van der Waals surface area contributed by atoms with Crippen LogP contribution in [-0.4, -0.2) is 21.2 Å². The van der Waals surface area contributed by atoms with E-state index in [1.807, 2.05) is 42.0 Å². The fraction of sp³-hybridized carbons (Fsp3) is 0.105. The van der Waals surface area contributed by atoms with E-state index in [-0.39, 0.29) is 18.1 Å². The van der Waals surface area contributed by atoms with Crippen molar-refractivity contribution >= 4 is 11.6 Å². The number of rotatable bonds is 5. The molecule has 126 valence electrons. The molecule has 0 saturated heterocycles. The van der Waals surface area contributed by atoms with E-state index >= 15 is 0 Å². The molecule has 0 aliphatic carbocycles. The number of benzene rings is 2.